The average Bonchev–Trinajstić information content (AvgIpc) is 2.29. The van der Waals surface area contributed by atoms with Gasteiger partial charge >= 0.3 is 0 Å². The van der Waals surface area contributed by atoms with Crippen LogP contribution >= 0.6 is 11.6 Å². The monoisotopic (exact) mass is 240 g/mol. The summed E-state index contributed by atoms with van der Waals surface area (Å²) in [6.45, 7) is 1.81. The fourth-order valence-electron chi connectivity index (χ4n) is 1.21. The van der Waals surface area contributed by atoms with E-state index in [9.17, 15) is 4.79 Å². The zero-order chi connectivity index (χ0) is 12.0. The number of carbonyl (C=O) groups excluding carboxylic acids is 1. The molecule has 0 aliphatic heterocycles. The predicted molar refractivity (Wildman–Crippen MR) is 63.5 cm³/mol. The standard InChI is InChI=1S/C12H13ClO3/c1-9(14)11-5-4-10(15-2)8-12(11)16-7-3-6-13/h3-6,8H,7H2,1-2H3/b6-3+. The van der Waals surface area contributed by atoms with Gasteiger partial charge in [-0.05, 0) is 25.1 Å². The molecule has 0 N–H and O–H groups in total. The molecule has 3 nitrogen and oxygen atoms in total. The van der Waals surface area contributed by atoms with Crippen LogP contribution in [0.2, 0.25) is 0 Å². The number of benzene rings is 1. The molecule has 0 radical (unpaired) electrons. The maximum Gasteiger partial charge on any atom is 0.163 e. The minimum absolute atomic E-state index is 0.0486. The van der Waals surface area contributed by atoms with Crippen molar-refractivity contribution in [3.63, 3.8) is 0 Å². The van der Waals surface area contributed by atoms with Crippen LogP contribution in [0.5, 0.6) is 11.5 Å². The summed E-state index contributed by atoms with van der Waals surface area (Å²) in [5.41, 5.74) is 1.90. The van der Waals surface area contributed by atoms with Crippen molar-refractivity contribution in [2.24, 2.45) is 0 Å². The molecule has 86 valence electrons. The molecule has 0 aromatic heterocycles. The van der Waals surface area contributed by atoms with Crippen molar-refractivity contribution in [1.29, 1.82) is 0 Å². The number of ether oxygens (including phenoxy) is 2. The lowest BCUT2D eigenvalue weighted by atomic mass is 10.1. The maximum atomic E-state index is 11.3. The topological polar surface area (TPSA) is 35.5 Å². The third-order valence-corrected chi connectivity index (χ3v) is 2.17. The van der Waals surface area contributed by atoms with Gasteiger partial charge in [0.05, 0.1) is 12.7 Å². The summed E-state index contributed by atoms with van der Waals surface area (Å²) >= 11 is 5.38. The quantitative estimate of drug-likeness (QED) is 0.742. The summed E-state index contributed by atoms with van der Waals surface area (Å²) in [6, 6.07) is 5.08. The summed E-state index contributed by atoms with van der Waals surface area (Å²) in [7, 11) is 1.56. The molecule has 0 heterocycles. The molecular formula is C12H13ClO3. The third-order valence-electron chi connectivity index (χ3n) is 1.99. The number of hydrogen-bond acceptors (Lipinski definition) is 3. The molecule has 0 spiro atoms. The zero-order valence-electron chi connectivity index (χ0n) is 9.20. The van der Waals surface area contributed by atoms with Gasteiger partial charge in [-0.3, -0.25) is 4.79 Å². The molecule has 0 saturated carbocycles. The van der Waals surface area contributed by atoms with E-state index >= 15 is 0 Å². The van der Waals surface area contributed by atoms with Gasteiger partial charge in [-0.15, -0.1) is 0 Å². The van der Waals surface area contributed by atoms with Crippen LogP contribution in [-0.2, 0) is 0 Å². The van der Waals surface area contributed by atoms with Gasteiger partial charge in [-0.25, -0.2) is 0 Å². The van der Waals surface area contributed by atoms with E-state index in [2.05, 4.69) is 0 Å². The molecular weight excluding hydrogens is 228 g/mol. The van der Waals surface area contributed by atoms with Crippen molar-refractivity contribution in [3.05, 3.63) is 35.4 Å². The predicted octanol–water partition coefficient (Wildman–Crippen LogP) is 3.03. The van der Waals surface area contributed by atoms with Crippen molar-refractivity contribution in [2.45, 2.75) is 6.92 Å². The Bertz CT molecular complexity index is 399. The van der Waals surface area contributed by atoms with Crippen LogP contribution in [0, 0.1) is 0 Å². The van der Waals surface area contributed by atoms with E-state index in [-0.39, 0.29) is 5.78 Å². The summed E-state index contributed by atoms with van der Waals surface area (Å²) in [4.78, 5) is 11.3. The molecule has 0 amide bonds. The Morgan fingerprint density at radius 2 is 2.25 bits per heavy atom. The second kappa shape index (κ2) is 6.18. The van der Waals surface area contributed by atoms with Crippen LogP contribution in [0.1, 0.15) is 17.3 Å². The fourth-order valence-corrected chi connectivity index (χ4v) is 1.29. The summed E-state index contributed by atoms with van der Waals surface area (Å²) in [5.74, 6) is 1.10. The molecule has 0 fully saturated rings. The first-order valence-corrected chi connectivity index (χ1v) is 5.19. The molecule has 0 bridgehead atoms. The van der Waals surface area contributed by atoms with Crippen LogP contribution in [0.3, 0.4) is 0 Å². The van der Waals surface area contributed by atoms with E-state index in [0.717, 1.165) is 0 Å². The first-order valence-electron chi connectivity index (χ1n) is 4.76. The first kappa shape index (κ1) is 12.6. The molecule has 0 aliphatic carbocycles. The molecule has 4 heteroatoms. The van der Waals surface area contributed by atoms with E-state index < -0.39 is 0 Å². The molecule has 0 atom stereocenters. The summed E-state index contributed by atoms with van der Waals surface area (Å²) < 4.78 is 10.5. The number of Topliss-reactive ketones (excluding diaryl/α,β-unsaturated/α-hetero) is 1. The Hall–Kier alpha value is -1.48. The van der Waals surface area contributed by atoms with Crippen LogP contribution in [0.25, 0.3) is 0 Å². The van der Waals surface area contributed by atoms with Crippen molar-refractivity contribution < 1.29 is 14.3 Å². The summed E-state index contributed by atoms with van der Waals surface area (Å²) in [5, 5.41) is 0. The smallest absolute Gasteiger partial charge is 0.163 e. The fraction of sp³-hybridized carbons (Fsp3) is 0.250. The number of carbonyl (C=O) groups is 1. The van der Waals surface area contributed by atoms with Gasteiger partial charge in [-0.2, -0.15) is 0 Å². The van der Waals surface area contributed by atoms with Crippen LogP contribution in [0.4, 0.5) is 0 Å². The van der Waals surface area contributed by atoms with Crippen molar-refractivity contribution in [1.82, 2.24) is 0 Å². The maximum absolute atomic E-state index is 11.3. The lowest BCUT2D eigenvalue weighted by Gasteiger charge is -2.09. The Morgan fingerprint density at radius 3 is 2.81 bits per heavy atom. The van der Waals surface area contributed by atoms with Crippen molar-refractivity contribution in [3.8, 4) is 11.5 Å². The Balaban J connectivity index is 2.95. The molecule has 0 saturated heterocycles. The van der Waals surface area contributed by atoms with E-state index in [1.54, 1.807) is 31.4 Å². The van der Waals surface area contributed by atoms with Crippen molar-refractivity contribution >= 4 is 17.4 Å². The van der Waals surface area contributed by atoms with Gasteiger partial charge in [0.1, 0.15) is 18.1 Å². The Morgan fingerprint density at radius 1 is 1.50 bits per heavy atom. The van der Waals surface area contributed by atoms with Gasteiger partial charge in [0.2, 0.25) is 0 Å². The number of methoxy groups -OCH3 is 1. The molecule has 1 rings (SSSR count). The number of ketones is 1. The Kier molecular flexibility index (Phi) is 4.86. The number of hydrogen-bond donors (Lipinski definition) is 0. The molecule has 16 heavy (non-hydrogen) atoms. The summed E-state index contributed by atoms with van der Waals surface area (Å²) in [6.07, 6.45) is 1.64. The lowest BCUT2D eigenvalue weighted by Crippen LogP contribution is -2.01. The first-order chi connectivity index (χ1) is 7.69. The van der Waals surface area contributed by atoms with E-state index in [4.69, 9.17) is 21.1 Å². The highest BCUT2D eigenvalue weighted by molar-refractivity contribution is 6.25. The second-order valence-electron chi connectivity index (χ2n) is 3.09. The second-order valence-corrected chi connectivity index (χ2v) is 3.34. The van der Waals surface area contributed by atoms with Gasteiger partial charge in [0.25, 0.3) is 0 Å². The Labute approximate surface area is 99.6 Å². The number of rotatable bonds is 5. The van der Waals surface area contributed by atoms with Crippen LogP contribution in [-0.4, -0.2) is 19.5 Å². The highest BCUT2D eigenvalue weighted by Crippen LogP contribution is 2.25. The molecule has 1 aromatic carbocycles. The zero-order valence-corrected chi connectivity index (χ0v) is 9.95. The highest BCUT2D eigenvalue weighted by Gasteiger charge is 2.09. The molecule has 1 aromatic rings. The highest BCUT2D eigenvalue weighted by atomic mass is 35.5. The molecule has 0 unspecified atom stereocenters. The van der Waals surface area contributed by atoms with E-state index in [1.807, 2.05) is 0 Å². The van der Waals surface area contributed by atoms with Crippen molar-refractivity contribution in [2.75, 3.05) is 13.7 Å². The van der Waals surface area contributed by atoms with E-state index in [1.165, 1.54) is 12.5 Å². The van der Waals surface area contributed by atoms with Crippen LogP contribution in [0.15, 0.2) is 29.8 Å². The minimum atomic E-state index is -0.0486. The van der Waals surface area contributed by atoms with E-state index in [0.29, 0.717) is 23.7 Å². The van der Waals surface area contributed by atoms with Gasteiger partial charge in [-0.1, -0.05) is 11.6 Å². The normalized spacial score (nSPS) is 10.4. The third kappa shape index (κ3) is 3.28. The van der Waals surface area contributed by atoms with Gasteiger partial charge in [0, 0.05) is 11.6 Å². The minimum Gasteiger partial charge on any atom is -0.497 e. The lowest BCUT2D eigenvalue weighted by molar-refractivity contribution is 0.101. The van der Waals surface area contributed by atoms with Crippen LogP contribution < -0.4 is 9.47 Å². The van der Waals surface area contributed by atoms with Gasteiger partial charge in [0.15, 0.2) is 5.78 Å². The SMILES string of the molecule is COc1ccc(C(C)=O)c(OC/C=C/Cl)c1. The average molecular weight is 241 g/mol. The molecule has 0 aliphatic rings. The largest absolute Gasteiger partial charge is 0.497 e. The van der Waals surface area contributed by atoms with Gasteiger partial charge < -0.3 is 9.47 Å². The number of halogens is 1.